The van der Waals surface area contributed by atoms with E-state index in [1.165, 1.54) is 19.4 Å². The largest absolute Gasteiger partial charge is 0.372 e. The lowest BCUT2D eigenvalue weighted by atomic mass is 9.89. The highest BCUT2D eigenvalue weighted by atomic mass is 16.5. The van der Waals surface area contributed by atoms with Crippen LogP contribution in [0.2, 0.25) is 0 Å². The molecule has 116 valence electrons. The molecule has 4 heteroatoms. The van der Waals surface area contributed by atoms with Gasteiger partial charge in [0.15, 0.2) is 0 Å². The highest BCUT2D eigenvalue weighted by Crippen LogP contribution is 2.30. The molecule has 0 saturated carbocycles. The molecule has 2 fully saturated rings. The summed E-state index contributed by atoms with van der Waals surface area (Å²) in [4.78, 5) is 15.9. The quantitative estimate of drug-likeness (QED) is 0.792. The maximum Gasteiger partial charge on any atom is 0.219 e. The summed E-state index contributed by atoms with van der Waals surface area (Å²) in [6.45, 7) is 12.1. The van der Waals surface area contributed by atoms with Gasteiger partial charge in [0.25, 0.3) is 0 Å². The average molecular weight is 282 g/mol. The van der Waals surface area contributed by atoms with E-state index in [1.807, 2.05) is 4.90 Å². The van der Waals surface area contributed by atoms with Crippen LogP contribution in [-0.4, -0.2) is 60.6 Å². The highest BCUT2D eigenvalue weighted by molar-refractivity contribution is 5.73. The molecule has 2 aliphatic heterocycles. The van der Waals surface area contributed by atoms with Crippen molar-refractivity contribution >= 4 is 5.91 Å². The van der Waals surface area contributed by atoms with Crippen molar-refractivity contribution in [2.24, 2.45) is 5.92 Å². The van der Waals surface area contributed by atoms with Gasteiger partial charge in [0.05, 0.1) is 12.2 Å². The molecule has 0 aromatic heterocycles. The van der Waals surface area contributed by atoms with Gasteiger partial charge in [0, 0.05) is 33.1 Å². The molecule has 0 atom stereocenters. The van der Waals surface area contributed by atoms with Gasteiger partial charge in [-0.15, -0.1) is 0 Å². The van der Waals surface area contributed by atoms with E-state index in [2.05, 4.69) is 18.7 Å². The number of hydrogen-bond donors (Lipinski definition) is 0. The van der Waals surface area contributed by atoms with Crippen molar-refractivity contribution in [1.82, 2.24) is 9.80 Å². The molecule has 0 radical (unpaired) electrons. The van der Waals surface area contributed by atoms with Crippen LogP contribution in [0, 0.1) is 5.92 Å². The van der Waals surface area contributed by atoms with Crippen LogP contribution in [-0.2, 0) is 9.53 Å². The van der Waals surface area contributed by atoms with Gasteiger partial charge in [-0.05, 0) is 38.1 Å². The summed E-state index contributed by atoms with van der Waals surface area (Å²) in [5, 5.41) is 0. The Morgan fingerprint density at radius 1 is 1.25 bits per heavy atom. The molecule has 20 heavy (non-hydrogen) atoms. The van der Waals surface area contributed by atoms with Crippen molar-refractivity contribution in [3.8, 4) is 0 Å². The van der Waals surface area contributed by atoms with Crippen LogP contribution in [0.25, 0.3) is 0 Å². The fourth-order valence-electron chi connectivity index (χ4n) is 3.37. The van der Waals surface area contributed by atoms with Gasteiger partial charge in [0.1, 0.15) is 0 Å². The summed E-state index contributed by atoms with van der Waals surface area (Å²) in [6.07, 6.45) is 4.58. The van der Waals surface area contributed by atoms with Crippen LogP contribution in [0.3, 0.4) is 0 Å². The third kappa shape index (κ3) is 4.19. The first kappa shape index (κ1) is 15.8. The first-order valence-corrected chi connectivity index (χ1v) is 8.13. The molecule has 2 rings (SSSR count). The fraction of sp³-hybridized carbons (Fsp3) is 0.938. The van der Waals surface area contributed by atoms with Crippen LogP contribution >= 0.6 is 0 Å². The van der Waals surface area contributed by atoms with Crippen molar-refractivity contribution in [1.29, 1.82) is 0 Å². The van der Waals surface area contributed by atoms with Gasteiger partial charge < -0.3 is 9.64 Å². The van der Waals surface area contributed by atoms with Crippen molar-refractivity contribution in [3.05, 3.63) is 0 Å². The van der Waals surface area contributed by atoms with E-state index in [9.17, 15) is 4.79 Å². The van der Waals surface area contributed by atoms with Crippen LogP contribution < -0.4 is 0 Å². The lowest BCUT2D eigenvalue weighted by molar-refractivity contribution is -0.149. The Morgan fingerprint density at radius 3 is 2.55 bits per heavy atom. The topological polar surface area (TPSA) is 32.8 Å². The number of morpholine rings is 1. The summed E-state index contributed by atoms with van der Waals surface area (Å²) < 4.78 is 6.11. The Balaban J connectivity index is 1.79. The molecule has 1 amide bonds. The second-order valence-electron chi connectivity index (χ2n) is 6.85. The molecule has 0 aliphatic carbocycles. The summed E-state index contributed by atoms with van der Waals surface area (Å²) in [5.41, 5.74) is 0.0159. The number of carbonyl (C=O) groups excluding carboxylic acids is 1. The van der Waals surface area contributed by atoms with E-state index >= 15 is 0 Å². The second-order valence-corrected chi connectivity index (χ2v) is 6.85. The molecular weight excluding hydrogens is 252 g/mol. The SMILES string of the molecule is CC(=O)N1CCC2(CC1)CN(CCCC(C)C)CCO2. The van der Waals surface area contributed by atoms with Gasteiger partial charge in [-0.3, -0.25) is 9.69 Å². The summed E-state index contributed by atoms with van der Waals surface area (Å²) in [5.74, 6) is 0.994. The van der Waals surface area contributed by atoms with E-state index in [0.717, 1.165) is 51.5 Å². The Labute approximate surface area is 123 Å². The van der Waals surface area contributed by atoms with E-state index in [1.54, 1.807) is 6.92 Å². The first-order chi connectivity index (χ1) is 9.51. The number of hydrogen-bond acceptors (Lipinski definition) is 3. The lowest BCUT2D eigenvalue weighted by Gasteiger charge is -2.47. The Hall–Kier alpha value is -0.610. The smallest absolute Gasteiger partial charge is 0.219 e. The van der Waals surface area contributed by atoms with E-state index in [4.69, 9.17) is 4.74 Å². The van der Waals surface area contributed by atoms with Crippen LogP contribution in [0.1, 0.15) is 46.5 Å². The van der Waals surface area contributed by atoms with Gasteiger partial charge in [0.2, 0.25) is 5.91 Å². The molecule has 0 aromatic carbocycles. The molecule has 0 unspecified atom stereocenters. The Morgan fingerprint density at radius 2 is 1.95 bits per heavy atom. The standard InChI is InChI=1S/C16H30N2O2/c1-14(2)5-4-8-17-11-12-20-16(13-17)6-9-18(10-7-16)15(3)19/h14H,4-13H2,1-3H3. The molecule has 2 heterocycles. The Kier molecular flexibility index (Phi) is 5.44. The van der Waals surface area contributed by atoms with Gasteiger partial charge in [-0.2, -0.15) is 0 Å². The highest BCUT2D eigenvalue weighted by Gasteiger charge is 2.39. The van der Waals surface area contributed by atoms with Crippen LogP contribution in [0.15, 0.2) is 0 Å². The van der Waals surface area contributed by atoms with Gasteiger partial charge in [-0.1, -0.05) is 13.8 Å². The number of likely N-dealkylation sites (tertiary alicyclic amines) is 1. The normalized spacial score (nSPS) is 23.5. The summed E-state index contributed by atoms with van der Waals surface area (Å²) >= 11 is 0. The zero-order valence-electron chi connectivity index (χ0n) is 13.4. The summed E-state index contributed by atoms with van der Waals surface area (Å²) in [6, 6.07) is 0. The van der Waals surface area contributed by atoms with E-state index in [-0.39, 0.29) is 11.5 Å². The van der Waals surface area contributed by atoms with Gasteiger partial charge in [-0.25, -0.2) is 0 Å². The zero-order chi connectivity index (χ0) is 14.6. The minimum absolute atomic E-state index is 0.0159. The van der Waals surface area contributed by atoms with E-state index in [0.29, 0.717) is 0 Å². The van der Waals surface area contributed by atoms with Crippen molar-refractivity contribution < 1.29 is 9.53 Å². The molecular formula is C16H30N2O2. The van der Waals surface area contributed by atoms with Crippen molar-refractivity contribution in [3.63, 3.8) is 0 Å². The maximum atomic E-state index is 11.4. The monoisotopic (exact) mass is 282 g/mol. The number of amides is 1. The first-order valence-electron chi connectivity index (χ1n) is 8.13. The molecule has 4 nitrogen and oxygen atoms in total. The molecule has 2 saturated heterocycles. The fourth-order valence-corrected chi connectivity index (χ4v) is 3.37. The predicted octanol–water partition coefficient (Wildman–Crippen LogP) is 2.14. The molecule has 0 bridgehead atoms. The molecule has 0 aromatic rings. The molecule has 1 spiro atoms. The van der Waals surface area contributed by atoms with Gasteiger partial charge >= 0.3 is 0 Å². The number of carbonyl (C=O) groups is 1. The minimum atomic E-state index is 0.0159. The van der Waals surface area contributed by atoms with Crippen LogP contribution in [0.4, 0.5) is 0 Å². The Bertz CT molecular complexity index is 322. The lowest BCUT2D eigenvalue weighted by Crippen LogP contribution is -2.57. The molecule has 2 aliphatic rings. The average Bonchev–Trinajstić information content (AvgIpc) is 2.39. The number of piperidine rings is 1. The zero-order valence-corrected chi connectivity index (χ0v) is 13.4. The third-order valence-corrected chi connectivity index (χ3v) is 4.70. The summed E-state index contributed by atoms with van der Waals surface area (Å²) in [7, 11) is 0. The second kappa shape index (κ2) is 6.90. The third-order valence-electron chi connectivity index (χ3n) is 4.70. The van der Waals surface area contributed by atoms with Crippen molar-refractivity contribution in [2.75, 3.05) is 39.3 Å². The van der Waals surface area contributed by atoms with E-state index < -0.39 is 0 Å². The van der Waals surface area contributed by atoms with Crippen LogP contribution in [0.5, 0.6) is 0 Å². The maximum absolute atomic E-state index is 11.4. The van der Waals surface area contributed by atoms with Crippen molar-refractivity contribution in [2.45, 2.75) is 52.1 Å². The molecule has 0 N–H and O–H groups in total. The number of rotatable bonds is 4. The minimum Gasteiger partial charge on any atom is -0.372 e. The number of nitrogens with zero attached hydrogens (tertiary/aromatic N) is 2. The predicted molar refractivity (Wildman–Crippen MR) is 80.7 cm³/mol. The number of ether oxygens (including phenoxy) is 1.